The van der Waals surface area contributed by atoms with Gasteiger partial charge in [-0.15, -0.1) is 0 Å². The molecule has 0 bridgehead atoms. The van der Waals surface area contributed by atoms with Crippen molar-refractivity contribution in [3.63, 3.8) is 0 Å². The van der Waals surface area contributed by atoms with E-state index in [-0.39, 0.29) is 5.41 Å². The number of rotatable bonds is 2. The summed E-state index contributed by atoms with van der Waals surface area (Å²) >= 11 is 0. The molecule has 1 aromatic rings. The highest BCUT2D eigenvalue weighted by Gasteiger charge is 2.21. The molecule has 0 aliphatic rings. The lowest BCUT2D eigenvalue weighted by Crippen LogP contribution is -2.19. The Morgan fingerprint density at radius 2 is 1.50 bits per heavy atom. The van der Waals surface area contributed by atoms with Gasteiger partial charge in [0.2, 0.25) is 0 Å². The van der Waals surface area contributed by atoms with Crippen LogP contribution in [0, 0.1) is 0 Å². The standard InChI is InChI=1S/C14H20O2/c1-13(2,3)11-6-10(9-15)7-12(8-11)14(4,5)16/h6-9,16H,1-5H3. The van der Waals surface area contributed by atoms with E-state index in [0.29, 0.717) is 5.56 Å². The fourth-order valence-corrected chi connectivity index (χ4v) is 1.51. The molecule has 0 heterocycles. The van der Waals surface area contributed by atoms with E-state index >= 15 is 0 Å². The molecule has 0 saturated heterocycles. The Kier molecular flexibility index (Phi) is 3.25. The molecular weight excluding hydrogens is 200 g/mol. The molecule has 0 aliphatic carbocycles. The molecule has 2 nitrogen and oxygen atoms in total. The van der Waals surface area contributed by atoms with E-state index in [1.807, 2.05) is 12.1 Å². The number of carbonyl (C=O) groups is 1. The highest BCUT2D eigenvalue weighted by atomic mass is 16.3. The van der Waals surface area contributed by atoms with E-state index in [1.54, 1.807) is 19.9 Å². The summed E-state index contributed by atoms with van der Waals surface area (Å²) in [5, 5.41) is 9.98. The van der Waals surface area contributed by atoms with Crippen LogP contribution >= 0.6 is 0 Å². The topological polar surface area (TPSA) is 37.3 Å². The molecular formula is C14H20O2. The summed E-state index contributed by atoms with van der Waals surface area (Å²) in [6, 6.07) is 5.58. The molecule has 0 fully saturated rings. The van der Waals surface area contributed by atoms with Gasteiger partial charge in [0.05, 0.1) is 5.60 Å². The molecule has 0 atom stereocenters. The first kappa shape index (κ1) is 12.9. The van der Waals surface area contributed by atoms with Crippen LogP contribution in [-0.4, -0.2) is 11.4 Å². The van der Waals surface area contributed by atoms with Gasteiger partial charge in [0.15, 0.2) is 0 Å². The van der Waals surface area contributed by atoms with E-state index in [4.69, 9.17) is 0 Å². The first-order valence-corrected chi connectivity index (χ1v) is 5.48. The third-order valence-corrected chi connectivity index (χ3v) is 2.66. The van der Waals surface area contributed by atoms with Crippen molar-refractivity contribution in [1.82, 2.24) is 0 Å². The minimum absolute atomic E-state index is 0.0287. The summed E-state index contributed by atoms with van der Waals surface area (Å²) < 4.78 is 0. The Hall–Kier alpha value is -1.15. The smallest absolute Gasteiger partial charge is 0.150 e. The second-order valence-electron chi connectivity index (χ2n) is 5.77. The second-order valence-corrected chi connectivity index (χ2v) is 5.77. The van der Waals surface area contributed by atoms with Gasteiger partial charge in [-0.05, 0) is 42.5 Å². The van der Waals surface area contributed by atoms with Crippen LogP contribution in [0.4, 0.5) is 0 Å². The lowest BCUT2D eigenvalue weighted by Gasteiger charge is -2.24. The normalized spacial score (nSPS) is 12.6. The van der Waals surface area contributed by atoms with Crippen LogP contribution in [0.15, 0.2) is 18.2 Å². The quantitative estimate of drug-likeness (QED) is 0.778. The highest BCUT2D eigenvalue weighted by Crippen LogP contribution is 2.28. The van der Waals surface area contributed by atoms with Gasteiger partial charge in [0.25, 0.3) is 0 Å². The molecule has 2 heteroatoms. The molecule has 0 saturated carbocycles. The zero-order valence-electron chi connectivity index (χ0n) is 10.7. The number of carbonyl (C=O) groups excluding carboxylic acids is 1. The van der Waals surface area contributed by atoms with Crippen LogP contribution < -0.4 is 0 Å². The molecule has 1 N–H and O–H groups in total. The Labute approximate surface area is 97.3 Å². The summed E-state index contributed by atoms with van der Waals surface area (Å²) in [7, 11) is 0. The summed E-state index contributed by atoms with van der Waals surface area (Å²) in [5.41, 5.74) is 1.51. The van der Waals surface area contributed by atoms with Crippen molar-refractivity contribution in [2.75, 3.05) is 0 Å². The number of aldehydes is 1. The number of hydrogen-bond donors (Lipinski definition) is 1. The van der Waals surface area contributed by atoms with Crippen molar-refractivity contribution in [3.8, 4) is 0 Å². The SMILES string of the molecule is CC(C)(C)c1cc(C=O)cc(C(C)(C)O)c1. The van der Waals surface area contributed by atoms with Crippen molar-refractivity contribution >= 4 is 6.29 Å². The molecule has 0 radical (unpaired) electrons. The van der Waals surface area contributed by atoms with Crippen LogP contribution in [0.5, 0.6) is 0 Å². The molecule has 0 amide bonds. The minimum Gasteiger partial charge on any atom is -0.386 e. The number of hydrogen-bond acceptors (Lipinski definition) is 2. The van der Waals surface area contributed by atoms with Gasteiger partial charge in [0, 0.05) is 5.56 Å². The molecule has 16 heavy (non-hydrogen) atoms. The third kappa shape index (κ3) is 2.92. The van der Waals surface area contributed by atoms with Gasteiger partial charge in [0.1, 0.15) is 6.29 Å². The summed E-state index contributed by atoms with van der Waals surface area (Å²) in [6.07, 6.45) is 0.824. The monoisotopic (exact) mass is 220 g/mol. The van der Waals surface area contributed by atoms with Crippen molar-refractivity contribution in [1.29, 1.82) is 0 Å². The first-order valence-electron chi connectivity index (χ1n) is 5.48. The van der Waals surface area contributed by atoms with Crippen molar-refractivity contribution in [3.05, 3.63) is 34.9 Å². The molecule has 0 unspecified atom stereocenters. The Balaban J connectivity index is 3.39. The zero-order chi connectivity index (χ0) is 12.6. The summed E-state index contributed by atoms with van der Waals surface area (Å²) in [6.45, 7) is 9.72. The van der Waals surface area contributed by atoms with Crippen LogP contribution in [0.3, 0.4) is 0 Å². The molecule has 0 aromatic heterocycles. The van der Waals surface area contributed by atoms with Crippen molar-refractivity contribution in [2.24, 2.45) is 0 Å². The Bertz CT molecular complexity index is 360. The van der Waals surface area contributed by atoms with Crippen molar-refractivity contribution in [2.45, 2.75) is 45.6 Å². The average Bonchev–Trinajstić information content (AvgIpc) is 2.14. The predicted octanol–water partition coefficient (Wildman–Crippen LogP) is 3.02. The van der Waals surface area contributed by atoms with Gasteiger partial charge in [-0.2, -0.15) is 0 Å². The van der Waals surface area contributed by atoms with Crippen LogP contribution in [0.2, 0.25) is 0 Å². The van der Waals surface area contributed by atoms with Gasteiger partial charge in [-0.3, -0.25) is 4.79 Å². The first-order chi connectivity index (χ1) is 7.14. The van der Waals surface area contributed by atoms with Gasteiger partial charge in [-0.25, -0.2) is 0 Å². The lowest BCUT2D eigenvalue weighted by molar-refractivity contribution is 0.0784. The van der Waals surface area contributed by atoms with Gasteiger partial charge in [-0.1, -0.05) is 26.8 Å². The lowest BCUT2D eigenvalue weighted by atomic mass is 9.83. The van der Waals surface area contributed by atoms with E-state index in [2.05, 4.69) is 20.8 Å². The van der Waals surface area contributed by atoms with Crippen LogP contribution in [0.1, 0.15) is 56.1 Å². The van der Waals surface area contributed by atoms with Gasteiger partial charge >= 0.3 is 0 Å². The van der Waals surface area contributed by atoms with E-state index in [0.717, 1.165) is 17.4 Å². The molecule has 88 valence electrons. The maximum absolute atomic E-state index is 10.9. The predicted molar refractivity (Wildman–Crippen MR) is 65.8 cm³/mol. The Morgan fingerprint density at radius 3 is 1.88 bits per heavy atom. The largest absolute Gasteiger partial charge is 0.386 e. The number of benzene rings is 1. The fraction of sp³-hybridized carbons (Fsp3) is 0.500. The molecule has 0 spiro atoms. The molecule has 1 aromatic carbocycles. The van der Waals surface area contributed by atoms with E-state index in [1.165, 1.54) is 0 Å². The maximum atomic E-state index is 10.9. The summed E-state index contributed by atoms with van der Waals surface area (Å²) in [5.74, 6) is 0. The van der Waals surface area contributed by atoms with Crippen LogP contribution in [0.25, 0.3) is 0 Å². The number of aliphatic hydroxyl groups is 1. The van der Waals surface area contributed by atoms with E-state index in [9.17, 15) is 9.90 Å². The molecule has 1 rings (SSSR count). The van der Waals surface area contributed by atoms with Crippen molar-refractivity contribution < 1.29 is 9.90 Å². The average molecular weight is 220 g/mol. The maximum Gasteiger partial charge on any atom is 0.150 e. The highest BCUT2D eigenvalue weighted by molar-refractivity contribution is 5.75. The Morgan fingerprint density at radius 1 is 1.00 bits per heavy atom. The summed E-state index contributed by atoms with van der Waals surface area (Å²) in [4.78, 5) is 10.9. The molecule has 0 aliphatic heterocycles. The second kappa shape index (κ2) is 4.02. The van der Waals surface area contributed by atoms with Gasteiger partial charge < -0.3 is 5.11 Å². The third-order valence-electron chi connectivity index (χ3n) is 2.66. The van der Waals surface area contributed by atoms with Crippen LogP contribution in [-0.2, 0) is 11.0 Å². The van der Waals surface area contributed by atoms with E-state index < -0.39 is 5.60 Å². The zero-order valence-corrected chi connectivity index (χ0v) is 10.7. The fourth-order valence-electron chi connectivity index (χ4n) is 1.51. The minimum atomic E-state index is -0.918.